The zero-order chi connectivity index (χ0) is 11.7. The topological polar surface area (TPSA) is 72.3 Å². The van der Waals surface area contributed by atoms with Crippen LogP contribution in [0.15, 0.2) is 18.3 Å². The van der Waals surface area contributed by atoms with E-state index in [1.54, 1.807) is 18.3 Å². The van der Waals surface area contributed by atoms with Gasteiger partial charge < -0.3 is 9.84 Å². The highest BCUT2D eigenvalue weighted by Crippen LogP contribution is 2.28. The zero-order valence-corrected chi connectivity index (χ0v) is 10.4. The van der Waals surface area contributed by atoms with Crippen molar-refractivity contribution in [3.05, 3.63) is 27.7 Å². The number of carbonyl (C=O) groups is 1. The van der Waals surface area contributed by atoms with Crippen LogP contribution < -0.4 is 0 Å². The Balaban J connectivity index is 2.80. The molecule has 0 unspecified atom stereocenters. The highest BCUT2D eigenvalue weighted by atomic mass is 127. The van der Waals surface area contributed by atoms with Crippen molar-refractivity contribution in [2.24, 2.45) is 0 Å². The van der Waals surface area contributed by atoms with Crippen molar-refractivity contribution in [2.45, 2.75) is 0 Å². The number of fused-ring (bicyclic) bond motifs is 1. The van der Waals surface area contributed by atoms with Crippen LogP contribution in [0.5, 0.6) is 5.75 Å². The van der Waals surface area contributed by atoms with Crippen molar-refractivity contribution in [2.75, 3.05) is 7.11 Å². The number of hydrogen-bond donors (Lipinski definition) is 1. The first-order valence-electron chi connectivity index (χ1n) is 4.36. The number of aromatic nitrogens is 2. The summed E-state index contributed by atoms with van der Waals surface area (Å²) in [6.45, 7) is 0. The molecule has 0 aliphatic heterocycles. The molecule has 0 saturated heterocycles. The number of ether oxygens (including phenoxy) is 1. The molecule has 0 aliphatic carbocycles. The number of esters is 1. The van der Waals surface area contributed by atoms with E-state index in [0.717, 1.165) is 0 Å². The molecule has 0 fully saturated rings. The van der Waals surface area contributed by atoms with Crippen LogP contribution >= 0.6 is 22.6 Å². The number of nitrogens with zero attached hydrogens (tertiary/aromatic N) is 2. The van der Waals surface area contributed by atoms with Gasteiger partial charge in [-0.1, -0.05) is 0 Å². The second-order valence-electron chi connectivity index (χ2n) is 2.99. The number of rotatable bonds is 1. The molecule has 5 nitrogen and oxygen atoms in total. The zero-order valence-electron chi connectivity index (χ0n) is 8.27. The molecule has 0 atom stereocenters. The summed E-state index contributed by atoms with van der Waals surface area (Å²) < 4.78 is 5.12. The van der Waals surface area contributed by atoms with E-state index in [1.165, 1.54) is 7.11 Å². The molecule has 0 aromatic carbocycles. The first-order chi connectivity index (χ1) is 7.65. The maximum atomic E-state index is 11.4. The lowest BCUT2D eigenvalue weighted by atomic mass is 10.2. The maximum Gasteiger partial charge on any atom is 0.360 e. The fourth-order valence-corrected chi connectivity index (χ4v) is 2.00. The molecule has 0 bridgehead atoms. The van der Waals surface area contributed by atoms with Gasteiger partial charge in [0.05, 0.1) is 7.11 Å². The molecule has 0 radical (unpaired) electrons. The van der Waals surface area contributed by atoms with Gasteiger partial charge >= 0.3 is 5.97 Å². The minimum absolute atomic E-state index is 0.113. The summed E-state index contributed by atoms with van der Waals surface area (Å²) in [4.78, 5) is 19.4. The van der Waals surface area contributed by atoms with Crippen LogP contribution in [0.1, 0.15) is 10.5 Å². The number of methoxy groups -OCH3 is 1. The number of halogens is 1. The van der Waals surface area contributed by atoms with E-state index in [2.05, 4.69) is 14.7 Å². The molecule has 2 heterocycles. The monoisotopic (exact) mass is 330 g/mol. The maximum absolute atomic E-state index is 11.4. The Morgan fingerprint density at radius 2 is 2.31 bits per heavy atom. The summed E-state index contributed by atoms with van der Waals surface area (Å²) in [7, 11) is 1.24. The third-order valence-electron chi connectivity index (χ3n) is 2.07. The summed E-state index contributed by atoms with van der Waals surface area (Å²) in [6.07, 6.45) is 1.54. The summed E-state index contributed by atoms with van der Waals surface area (Å²) in [5, 5.41) is 10.5. The van der Waals surface area contributed by atoms with Crippen molar-refractivity contribution in [3.63, 3.8) is 0 Å². The molecule has 6 heteroatoms. The van der Waals surface area contributed by atoms with Crippen molar-refractivity contribution >= 4 is 39.5 Å². The summed E-state index contributed by atoms with van der Waals surface area (Å²) in [6, 6.07) is 3.52. The molecular formula is C10H7IN2O3. The van der Waals surface area contributed by atoms with Crippen LogP contribution in [0.2, 0.25) is 0 Å². The highest BCUT2D eigenvalue weighted by molar-refractivity contribution is 14.1. The molecule has 2 rings (SSSR count). The summed E-state index contributed by atoms with van der Waals surface area (Å²) >= 11 is 1.98. The van der Waals surface area contributed by atoms with Crippen LogP contribution in [-0.2, 0) is 4.74 Å². The number of pyridine rings is 2. The van der Waals surface area contributed by atoms with E-state index in [1.807, 2.05) is 22.6 Å². The van der Waals surface area contributed by atoms with Gasteiger partial charge in [0.25, 0.3) is 0 Å². The highest BCUT2D eigenvalue weighted by Gasteiger charge is 2.19. The molecule has 82 valence electrons. The predicted molar refractivity (Wildman–Crippen MR) is 65.3 cm³/mol. The van der Waals surface area contributed by atoms with Crippen LogP contribution in [0.4, 0.5) is 0 Å². The molecule has 0 saturated carbocycles. The summed E-state index contributed by atoms with van der Waals surface area (Å²) in [5.41, 5.74) is 0.236. The Hall–Kier alpha value is -1.44. The van der Waals surface area contributed by atoms with Gasteiger partial charge in [-0.2, -0.15) is 0 Å². The van der Waals surface area contributed by atoms with Crippen LogP contribution in [0, 0.1) is 3.70 Å². The third kappa shape index (κ3) is 1.69. The molecule has 0 aliphatic rings. The van der Waals surface area contributed by atoms with E-state index >= 15 is 0 Å². The molecular weight excluding hydrogens is 323 g/mol. The van der Waals surface area contributed by atoms with Gasteiger partial charge in [-0.3, -0.25) is 4.98 Å². The second-order valence-corrected chi connectivity index (χ2v) is 4.01. The summed E-state index contributed by atoms with van der Waals surface area (Å²) in [5.74, 6) is -0.925. The minimum Gasteiger partial charge on any atom is -0.504 e. The smallest absolute Gasteiger partial charge is 0.360 e. The van der Waals surface area contributed by atoms with Gasteiger partial charge in [0.2, 0.25) is 0 Å². The van der Waals surface area contributed by atoms with Crippen molar-refractivity contribution in [1.82, 2.24) is 9.97 Å². The van der Waals surface area contributed by atoms with Gasteiger partial charge in [-0.15, -0.1) is 0 Å². The fraction of sp³-hybridized carbons (Fsp3) is 0.100. The van der Waals surface area contributed by atoms with Gasteiger partial charge in [0, 0.05) is 11.6 Å². The van der Waals surface area contributed by atoms with Crippen molar-refractivity contribution in [1.29, 1.82) is 0 Å². The van der Waals surface area contributed by atoms with Crippen LogP contribution in [-0.4, -0.2) is 28.2 Å². The standard InChI is InChI=1S/C10H7IN2O3/c1-16-10(15)7-8(14)6-5(9(11)13-7)3-2-4-12-6/h2-4,14H,1H3. The van der Waals surface area contributed by atoms with Crippen LogP contribution in [0.3, 0.4) is 0 Å². The Morgan fingerprint density at radius 1 is 1.56 bits per heavy atom. The Bertz CT molecular complexity index is 571. The first-order valence-corrected chi connectivity index (χ1v) is 5.44. The average Bonchev–Trinajstić information content (AvgIpc) is 2.33. The number of aromatic hydroxyl groups is 1. The minimum atomic E-state index is -0.678. The average molecular weight is 330 g/mol. The van der Waals surface area contributed by atoms with E-state index in [0.29, 0.717) is 14.6 Å². The third-order valence-corrected chi connectivity index (χ3v) is 2.89. The molecule has 2 aromatic heterocycles. The lowest BCUT2D eigenvalue weighted by Gasteiger charge is -2.06. The van der Waals surface area contributed by atoms with Gasteiger partial charge in [0.1, 0.15) is 9.22 Å². The lowest BCUT2D eigenvalue weighted by Crippen LogP contribution is -2.06. The molecule has 0 spiro atoms. The number of hydrogen-bond acceptors (Lipinski definition) is 5. The SMILES string of the molecule is COC(=O)c1nc(I)c2cccnc2c1O. The molecule has 1 N–H and O–H groups in total. The Kier molecular flexibility index (Phi) is 2.90. The van der Waals surface area contributed by atoms with Crippen molar-refractivity contribution in [3.8, 4) is 5.75 Å². The molecule has 0 amide bonds. The lowest BCUT2D eigenvalue weighted by molar-refractivity contribution is 0.0590. The van der Waals surface area contributed by atoms with E-state index in [-0.39, 0.29) is 11.4 Å². The van der Waals surface area contributed by atoms with E-state index < -0.39 is 5.97 Å². The Morgan fingerprint density at radius 3 is 3.00 bits per heavy atom. The van der Waals surface area contributed by atoms with Crippen LogP contribution in [0.25, 0.3) is 10.9 Å². The first kappa shape index (κ1) is 11.1. The fourth-order valence-electron chi connectivity index (χ4n) is 1.32. The molecule has 16 heavy (non-hydrogen) atoms. The van der Waals surface area contributed by atoms with Gasteiger partial charge in [0.15, 0.2) is 11.4 Å². The van der Waals surface area contributed by atoms with Crippen molar-refractivity contribution < 1.29 is 14.6 Å². The predicted octanol–water partition coefficient (Wildman–Crippen LogP) is 1.73. The van der Waals surface area contributed by atoms with E-state index in [4.69, 9.17) is 0 Å². The Labute approximate surface area is 105 Å². The van der Waals surface area contributed by atoms with Gasteiger partial charge in [-0.25, -0.2) is 9.78 Å². The number of carbonyl (C=O) groups excluding carboxylic acids is 1. The van der Waals surface area contributed by atoms with E-state index in [9.17, 15) is 9.90 Å². The quantitative estimate of drug-likeness (QED) is 0.490. The second kappa shape index (κ2) is 4.20. The normalized spacial score (nSPS) is 10.4. The molecule has 2 aromatic rings. The largest absolute Gasteiger partial charge is 0.504 e. The van der Waals surface area contributed by atoms with Gasteiger partial charge in [-0.05, 0) is 34.7 Å².